The molecule has 1 aromatic heterocycles. The monoisotopic (exact) mass is 411 g/mol. The Morgan fingerprint density at radius 2 is 1.90 bits per heavy atom. The van der Waals surface area contributed by atoms with Crippen molar-refractivity contribution in [1.29, 1.82) is 0 Å². The number of piperazine rings is 1. The fraction of sp³-hybridized carbons (Fsp3) is 0.435. The maximum atomic E-state index is 6.05. The second-order valence-corrected chi connectivity index (χ2v) is 8.40. The minimum atomic E-state index is 0.542. The molecule has 3 aromatic rings. The lowest BCUT2D eigenvalue weighted by atomic mass is 9.91. The van der Waals surface area contributed by atoms with Crippen LogP contribution in [0.4, 0.5) is 5.82 Å². The summed E-state index contributed by atoms with van der Waals surface area (Å²) in [6, 6.07) is 16.8. The maximum Gasteiger partial charge on any atom is 0.180 e. The first-order valence-electron chi connectivity index (χ1n) is 10.4. The summed E-state index contributed by atoms with van der Waals surface area (Å²) in [4.78, 5) is 5.02. The van der Waals surface area contributed by atoms with Crippen molar-refractivity contribution in [3.63, 3.8) is 0 Å². The summed E-state index contributed by atoms with van der Waals surface area (Å²) in [7, 11) is 0. The molecule has 2 saturated heterocycles. The van der Waals surface area contributed by atoms with E-state index < -0.39 is 0 Å². The number of aromatic nitrogens is 1. The Labute approximate surface area is 176 Å². The van der Waals surface area contributed by atoms with E-state index in [4.69, 9.17) is 20.9 Å². The number of fused-ring (bicyclic) bond motifs is 2. The van der Waals surface area contributed by atoms with Crippen LogP contribution >= 0.6 is 11.6 Å². The first kappa shape index (κ1) is 18.8. The molecule has 0 saturated carbocycles. The number of nitrogens with zero attached hydrogens (tertiary/aromatic N) is 3. The zero-order chi connectivity index (χ0) is 19.6. The molecule has 2 aliphatic rings. The van der Waals surface area contributed by atoms with E-state index in [2.05, 4.69) is 21.0 Å². The van der Waals surface area contributed by atoms with Gasteiger partial charge in [0.05, 0.1) is 12.0 Å². The molecule has 0 aliphatic carbocycles. The van der Waals surface area contributed by atoms with Crippen LogP contribution in [0.2, 0.25) is 0 Å². The van der Waals surface area contributed by atoms with Crippen molar-refractivity contribution in [2.45, 2.75) is 24.8 Å². The molecule has 0 N–H and O–H groups in total. The lowest BCUT2D eigenvalue weighted by Gasteiger charge is -2.46. The number of para-hydroxylation sites is 1. The van der Waals surface area contributed by atoms with Crippen LogP contribution in [0.25, 0.3) is 11.0 Å². The van der Waals surface area contributed by atoms with Gasteiger partial charge in [-0.2, -0.15) is 0 Å². The van der Waals surface area contributed by atoms with Crippen LogP contribution in [-0.4, -0.2) is 48.9 Å². The van der Waals surface area contributed by atoms with Gasteiger partial charge >= 0.3 is 0 Å². The van der Waals surface area contributed by atoms with E-state index in [0.717, 1.165) is 60.9 Å². The van der Waals surface area contributed by atoms with Gasteiger partial charge in [0, 0.05) is 44.0 Å². The minimum Gasteiger partial charge on any atom is -0.493 e. The molecule has 0 spiro atoms. The summed E-state index contributed by atoms with van der Waals surface area (Å²) in [6.45, 7) is 4.95. The molecule has 5 rings (SSSR count). The minimum absolute atomic E-state index is 0.542. The van der Waals surface area contributed by atoms with Crippen molar-refractivity contribution in [2.24, 2.45) is 5.92 Å². The van der Waals surface area contributed by atoms with Gasteiger partial charge < -0.3 is 14.2 Å². The van der Waals surface area contributed by atoms with Crippen LogP contribution in [0.5, 0.6) is 5.75 Å². The number of rotatable bonds is 5. The summed E-state index contributed by atoms with van der Waals surface area (Å²) in [5.74, 6) is 3.05. The van der Waals surface area contributed by atoms with Crippen molar-refractivity contribution in [1.82, 2.24) is 10.1 Å². The van der Waals surface area contributed by atoms with E-state index >= 15 is 0 Å². The van der Waals surface area contributed by atoms with Gasteiger partial charge in [-0.3, -0.25) is 4.90 Å². The average molecular weight is 412 g/mol. The number of ether oxygens (including phenoxy) is 1. The molecule has 2 aliphatic heterocycles. The van der Waals surface area contributed by atoms with Crippen LogP contribution in [0.3, 0.4) is 0 Å². The molecule has 5 nitrogen and oxygen atoms in total. The Bertz CT molecular complexity index is 958. The van der Waals surface area contributed by atoms with Crippen molar-refractivity contribution in [3.05, 3.63) is 54.1 Å². The third-order valence-electron chi connectivity index (χ3n) is 6.23. The SMILES string of the molecule is ClCc1ccc(OC[C@H]2CC[C@H]3CN(c4noc5ccccc45)CCN3C2)cc1. The fourth-order valence-corrected chi connectivity index (χ4v) is 4.75. The van der Waals surface area contributed by atoms with Gasteiger partial charge in [-0.05, 0) is 42.7 Å². The molecule has 29 heavy (non-hydrogen) atoms. The molecule has 2 aromatic carbocycles. The fourth-order valence-electron chi connectivity index (χ4n) is 4.58. The van der Waals surface area contributed by atoms with Gasteiger partial charge in [-0.1, -0.05) is 29.4 Å². The number of piperidine rings is 1. The second kappa shape index (κ2) is 8.25. The Morgan fingerprint density at radius 1 is 1.03 bits per heavy atom. The highest BCUT2D eigenvalue weighted by Crippen LogP contribution is 2.31. The lowest BCUT2D eigenvalue weighted by Crippen LogP contribution is -2.57. The third-order valence-corrected chi connectivity index (χ3v) is 6.54. The molecule has 0 bridgehead atoms. The number of benzene rings is 2. The predicted octanol–water partition coefficient (Wildman–Crippen LogP) is 4.55. The molecule has 0 amide bonds. The molecule has 2 atom stereocenters. The average Bonchev–Trinajstić information content (AvgIpc) is 3.22. The molecule has 2 fully saturated rings. The van der Waals surface area contributed by atoms with Crippen molar-refractivity contribution >= 4 is 28.4 Å². The van der Waals surface area contributed by atoms with Crippen LogP contribution in [0.1, 0.15) is 18.4 Å². The molecular weight excluding hydrogens is 386 g/mol. The van der Waals surface area contributed by atoms with Crippen molar-refractivity contribution in [3.8, 4) is 5.75 Å². The number of alkyl halides is 1. The highest BCUT2D eigenvalue weighted by atomic mass is 35.5. The Kier molecular flexibility index (Phi) is 5.34. The van der Waals surface area contributed by atoms with Crippen molar-refractivity contribution in [2.75, 3.05) is 37.7 Å². The molecule has 0 unspecified atom stereocenters. The molecule has 152 valence electrons. The second-order valence-electron chi connectivity index (χ2n) is 8.13. The van der Waals surface area contributed by atoms with Gasteiger partial charge in [-0.25, -0.2) is 0 Å². The van der Waals surface area contributed by atoms with Gasteiger partial charge in [0.2, 0.25) is 0 Å². The number of halogens is 1. The summed E-state index contributed by atoms with van der Waals surface area (Å²) in [6.07, 6.45) is 2.40. The molecule has 0 radical (unpaired) electrons. The molecule has 3 heterocycles. The van der Waals surface area contributed by atoms with E-state index in [9.17, 15) is 0 Å². The van der Waals surface area contributed by atoms with Gasteiger partial charge in [0.25, 0.3) is 0 Å². The summed E-state index contributed by atoms with van der Waals surface area (Å²) < 4.78 is 11.6. The predicted molar refractivity (Wildman–Crippen MR) is 116 cm³/mol. The third kappa shape index (κ3) is 3.94. The maximum absolute atomic E-state index is 6.05. The first-order valence-corrected chi connectivity index (χ1v) is 10.9. The summed E-state index contributed by atoms with van der Waals surface area (Å²) >= 11 is 5.86. The first-order chi connectivity index (χ1) is 14.3. The van der Waals surface area contributed by atoms with Crippen LogP contribution in [0.15, 0.2) is 53.1 Å². The van der Waals surface area contributed by atoms with Crippen LogP contribution in [-0.2, 0) is 5.88 Å². The largest absolute Gasteiger partial charge is 0.493 e. The van der Waals surface area contributed by atoms with E-state index in [1.807, 2.05) is 42.5 Å². The van der Waals surface area contributed by atoms with Gasteiger partial charge in [0.1, 0.15) is 5.75 Å². The van der Waals surface area contributed by atoms with Gasteiger partial charge in [0.15, 0.2) is 11.4 Å². The molecule has 6 heteroatoms. The van der Waals surface area contributed by atoms with E-state index in [1.54, 1.807) is 0 Å². The highest BCUT2D eigenvalue weighted by molar-refractivity contribution is 6.17. The Balaban J connectivity index is 1.17. The zero-order valence-corrected chi connectivity index (χ0v) is 17.2. The van der Waals surface area contributed by atoms with Crippen molar-refractivity contribution < 1.29 is 9.26 Å². The summed E-state index contributed by atoms with van der Waals surface area (Å²) in [5.41, 5.74) is 1.99. The quantitative estimate of drug-likeness (QED) is 0.576. The van der Waals surface area contributed by atoms with E-state index in [1.165, 1.54) is 12.8 Å². The van der Waals surface area contributed by atoms with Gasteiger partial charge in [-0.15, -0.1) is 11.6 Å². The summed E-state index contributed by atoms with van der Waals surface area (Å²) in [5, 5.41) is 5.47. The highest BCUT2D eigenvalue weighted by Gasteiger charge is 2.34. The number of hydrogen-bond acceptors (Lipinski definition) is 5. The van der Waals surface area contributed by atoms with Crippen LogP contribution in [0, 0.1) is 5.92 Å². The number of hydrogen-bond donors (Lipinski definition) is 0. The Hall–Kier alpha value is -2.24. The normalized spacial score (nSPS) is 22.6. The number of anilines is 1. The Morgan fingerprint density at radius 3 is 2.76 bits per heavy atom. The lowest BCUT2D eigenvalue weighted by molar-refractivity contribution is 0.0727. The topological polar surface area (TPSA) is 41.7 Å². The zero-order valence-electron chi connectivity index (χ0n) is 16.5. The van der Waals surface area contributed by atoms with E-state index in [-0.39, 0.29) is 0 Å². The van der Waals surface area contributed by atoms with Crippen LogP contribution < -0.4 is 9.64 Å². The standard InChI is InChI=1S/C23H26ClN3O2/c24-13-17-6-9-20(10-7-17)28-16-18-5-8-19-15-27(12-11-26(19)14-18)23-21-3-1-2-4-22(21)29-25-23/h1-4,6-7,9-10,18-19H,5,8,11-16H2/t18-,19-/m0/s1. The van der Waals surface area contributed by atoms with E-state index in [0.29, 0.717) is 17.8 Å². The smallest absolute Gasteiger partial charge is 0.180 e. The molecular formula is C23H26ClN3O2.